The number of hydrogen-bond acceptors (Lipinski definition) is 6. The second-order valence-corrected chi connectivity index (χ2v) is 7.90. The fourth-order valence-electron chi connectivity index (χ4n) is 2.96. The smallest absolute Gasteiger partial charge is 0.261 e. The number of rotatable bonds is 6. The molecule has 1 heterocycles. The van der Waals surface area contributed by atoms with Crippen molar-refractivity contribution < 1.29 is 23.2 Å². The third-order valence-electron chi connectivity index (χ3n) is 4.29. The van der Waals surface area contributed by atoms with Crippen LogP contribution in [-0.2, 0) is 21.2 Å². The van der Waals surface area contributed by atoms with E-state index >= 15 is 0 Å². The maximum atomic E-state index is 12.1. The molecule has 9 nitrogen and oxygen atoms in total. The summed E-state index contributed by atoms with van der Waals surface area (Å²) in [5, 5.41) is 9.05. The van der Waals surface area contributed by atoms with Crippen LogP contribution in [0, 0.1) is 0 Å². The van der Waals surface area contributed by atoms with Gasteiger partial charge in [-0.25, -0.2) is 13.9 Å². The van der Waals surface area contributed by atoms with Gasteiger partial charge < -0.3 is 5.73 Å². The van der Waals surface area contributed by atoms with E-state index in [9.17, 15) is 18.0 Å². The molecule has 0 aliphatic carbocycles. The Morgan fingerprint density at radius 2 is 1.84 bits per heavy atom. The Balaban J connectivity index is 2.19. The molecule has 0 spiro atoms. The average molecular weight is 370 g/mol. The van der Waals surface area contributed by atoms with Gasteiger partial charge in [-0.1, -0.05) is 18.2 Å². The molecule has 1 atom stereocenters. The number of nitrogens with two attached hydrogens (primary N) is 1. The van der Waals surface area contributed by atoms with Crippen LogP contribution < -0.4 is 11.2 Å². The average Bonchev–Trinajstić information content (AvgIpc) is 2.58. The van der Waals surface area contributed by atoms with E-state index in [0.29, 0.717) is 24.2 Å². The Labute approximate surface area is 146 Å². The van der Waals surface area contributed by atoms with E-state index in [0.717, 1.165) is 6.26 Å². The number of benzene rings is 1. The van der Waals surface area contributed by atoms with Gasteiger partial charge in [-0.15, -0.1) is 0 Å². The number of hydrogen-bond donors (Lipinski definition) is 3. The number of carbonyl (C=O) groups is 2. The van der Waals surface area contributed by atoms with E-state index in [2.05, 4.69) is 0 Å². The molecule has 1 aliphatic rings. The molecule has 1 fully saturated rings. The molecule has 4 N–H and O–H groups in total. The zero-order valence-electron chi connectivity index (χ0n) is 13.9. The zero-order valence-corrected chi connectivity index (χ0v) is 14.7. The van der Waals surface area contributed by atoms with Crippen LogP contribution >= 0.6 is 0 Å². The molecule has 1 saturated heterocycles. The van der Waals surface area contributed by atoms with Crippen LogP contribution in [0.4, 0.5) is 0 Å². The Bertz CT molecular complexity index is 744. The van der Waals surface area contributed by atoms with Gasteiger partial charge in [0.05, 0.1) is 12.3 Å². The van der Waals surface area contributed by atoms with E-state index in [1.54, 1.807) is 34.6 Å². The molecule has 1 aromatic rings. The van der Waals surface area contributed by atoms with Gasteiger partial charge in [0.2, 0.25) is 15.9 Å². The van der Waals surface area contributed by atoms with Crippen LogP contribution in [0.15, 0.2) is 24.3 Å². The third-order valence-corrected chi connectivity index (χ3v) is 5.60. The van der Waals surface area contributed by atoms with E-state index in [1.807, 2.05) is 0 Å². The zero-order chi connectivity index (χ0) is 18.6. The Kier molecular flexibility index (Phi) is 6.11. The number of carbonyl (C=O) groups excluding carboxylic acids is 2. The summed E-state index contributed by atoms with van der Waals surface area (Å²) in [6, 6.07) is 5.94. The lowest BCUT2D eigenvalue weighted by atomic mass is 9.98. The van der Waals surface area contributed by atoms with Gasteiger partial charge in [0.15, 0.2) is 0 Å². The Morgan fingerprint density at radius 1 is 1.24 bits per heavy atom. The number of piperazine rings is 1. The first-order valence-corrected chi connectivity index (χ1v) is 9.59. The number of hydroxylamine groups is 1. The molecule has 0 radical (unpaired) electrons. The summed E-state index contributed by atoms with van der Waals surface area (Å²) in [6.45, 7) is 1.19. The molecule has 2 amide bonds. The van der Waals surface area contributed by atoms with Crippen molar-refractivity contribution >= 4 is 21.8 Å². The molecule has 2 rings (SSSR count). The number of nitrogens with zero attached hydrogens (tertiary/aromatic N) is 2. The van der Waals surface area contributed by atoms with Gasteiger partial charge in [-0.05, 0) is 18.1 Å². The first-order valence-electron chi connectivity index (χ1n) is 7.75. The minimum Gasteiger partial charge on any atom is -0.366 e. The predicted molar refractivity (Wildman–Crippen MR) is 90.4 cm³/mol. The van der Waals surface area contributed by atoms with Crippen molar-refractivity contribution in [3.63, 3.8) is 0 Å². The quantitative estimate of drug-likeness (QED) is 0.425. The van der Waals surface area contributed by atoms with Crippen molar-refractivity contribution in [1.82, 2.24) is 14.7 Å². The normalized spacial score (nSPS) is 17.8. The summed E-state index contributed by atoms with van der Waals surface area (Å²) in [6.07, 6.45) is 1.31. The van der Waals surface area contributed by atoms with Gasteiger partial charge >= 0.3 is 0 Å². The standard InChI is InChI=1S/C15H22N4O5S/c1-25(23,24)19-8-6-18(7-9-19)13(15(21)17-22)10-11-4-2-3-5-12(11)14(16)20/h2-5,13,22H,6-10H2,1H3,(H2,16,20)(H,17,21)/t13-/m0/s1. The Hall–Kier alpha value is -2.01. The summed E-state index contributed by atoms with van der Waals surface area (Å²) in [4.78, 5) is 25.5. The van der Waals surface area contributed by atoms with E-state index in [4.69, 9.17) is 10.9 Å². The van der Waals surface area contributed by atoms with Crippen molar-refractivity contribution in [1.29, 1.82) is 0 Å². The third kappa shape index (κ3) is 4.75. The number of sulfonamides is 1. The molecule has 0 saturated carbocycles. The molecular weight excluding hydrogens is 348 g/mol. The molecule has 138 valence electrons. The monoisotopic (exact) mass is 370 g/mol. The molecule has 0 unspecified atom stereocenters. The molecule has 0 aromatic heterocycles. The van der Waals surface area contributed by atoms with Gasteiger partial charge in [-0.2, -0.15) is 4.31 Å². The SMILES string of the molecule is CS(=O)(=O)N1CCN([C@@H](Cc2ccccc2C(N)=O)C(=O)NO)CC1. The van der Waals surface area contributed by atoms with Gasteiger partial charge in [0, 0.05) is 31.7 Å². The van der Waals surface area contributed by atoms with Crippen molar-refractivity contribution in [2.45, 2.75) is 12.5 Å². The fraction of sp³-hybridized carbons (Fsp3) is 0.467. The highest BCUT2D eigenvalue weighted by Crippen LogP contribution is 2.17. The Morgan fingerprint density at radius 3 is 2.36 bits per heavy atom. The van der Waals surface area contributed by atoms with E-state index < -0.39 is 27.9 Å². The van der Waals surface area contributed by atoms with Crippen LogP contribution in [0.25, 0.3) is 0 Å². The minimum absolute atomic E-state index is 0.171. The molecule has 0 bridgehead atoms. The number of nitrogens with one attached hydrogen (secondary N) is 1. The first kappa shape index (κ1) is 19.3. The summed E-state index contributed by atoms with van der Waals surface area (Å²) in [7, 11) is -3.28. The van der Waals surface area contributed by atoms with Crippen molar-refractivity contribution in [2.24, 2.45) is 5.73 Å². The molecule has 1 aromatic carbocycles. The maximum Gasteiger partial charge on any atom is 0.261 e. The molecule has 25 heavy (non-hydrogen) atoms. The lowest BCUT2D eigenvalue weighted by Crippen LogP contribution is -2.56. The van der Waals surface area contributed by atoms with Crippen molar-refractivity contribution in [3.8, 4) is 0 Å². The summed E-state index contributed by atoms with van der Waals surface area (Å²) in [5.74, 6) is -1.22. The minimum atomic E-state index is -3.28. The van der Waals surface area contributed by atoms with E-state index in [1.165, 1.54) is 4.31 Å². The van der Waals surface area contributed by atoms with Crippen LogP contribution in [-0.4, -0.2) is 73.1 Å². The van der Waals surface area contributed by atoms with Crippen molar-refractivity contribution in [2.75, 3.05) is 32.4 Å². The van der Waals surface area contributed by atoms with Crippen molar-refractivity contribution in [3.05, 3.63) is 35.4 Å². The fourth-order valence-corrected chi connectivity index (χ4v) is 3.78. The van der Waals surface area contributed by atoms with Gasteiger partial charge in [-0.3, -0.25) is 19.7 Å². The van der Waals surface area contributed by atoms with E-state index in [-0.39, 0.29) is 19.5 Å². The van der Waals surface area contributed by atoms with Crippen LogP contribution in [0.1, 0.15) is 15.9 Å². The lowest BCUT2D eigenvalue weighted by molar-refractivity contribution is -0.135. The largest absolute Gasteiger partial charge is 0.366 e. The topological polar surface area (TPSA) is 133 Å². The summed E-state index contributed by atoms with van der Waals surface area (Å²) in [5.41, 5.74) is 7.92. The second-order valence-electron chi connectivity index (χ2n) is 5.92. The first-order chi connectivity index (χ1) is 11.7. The lowest BCUT2D eigenvalue weighted by Gasteiger charge is -2.37. The molecule has 1 aliphatic heterocycles. The highest BCUT2D eigenvalue weighted by molar-refractivity contribution is 7.88. The molecule has 10 heteroatoms. The van der Waals surface area contributed by atoms with Gasteiger partial charge in [0.25, 0.3) is 5.91 Å². The maximum absolute atomic E-state index is 12.1. The van der Waals surface area contributed by atoms with Crippen LogP contribution in [0.5, 0.6) is 0 Å². The number of amides is 2. The molecular formula is C15H22N4O5S. The van der Waals surface area contributed by atoms with Gasteiger partial charge in [0.1, 0.15) is 0 Å². The summed E-state index contributed by atoms with van der Waals surface area (Å²) >= 11 is 0. The summed E-state index contributed by atoms with van der Waals surface area (Å²) < 4.78 is 24.5. The highest BCUT2D eigenvalue weighted by Gasteiger charge is 2.32. The number of primary amides is 1. The van der Waals surface area contributed by atoms with Crippen LogP contribution in [0.2, 0.25) is 0 Å². The highest BCUT2D eigenvalue weighted by atomic mass is 32.2. The van der Waals surface area contributed by atoms with Crippen LogP contribution in [0.3, 0.4) is 0 Å². The second kappa shape index (κ2) is 7.91. The predicted octanol–water partition coefficient (Wildman–Crippen LogP) is -1.22.